The zero-order chi connectivity index (χ0) is 28.3. The number of rotatable bonds is 15. The third-order valence-electron chi connectivity index (χ3n) is 7.98. The van der Waals surface area contributed by atoms with E-state index in [4.69, 9.17) is 5.73 Å². The molecule has 0 saturated heterocycles. The first-order valence-corrected chi connectivity index (χ1v) is 14.2. The minimum atomic E-state index is -1.40. The Morgan fingerprint density at radius 3 is 2.23 bits per heavy atom. The molecule has 39 heavy (non-hydrogen) atoms. The summed E-state index contributed by atoms with van der Waals surface area (Å²) in [6, 6.07) is 19.0. The summed E-state index contributed by atoms with van der Waals surface area (Å²) < 4.78 is 0. The first-order valence-electron chi connectivity index (χ1n) is 14.2. The second kappa shape index (κ2) is 14.4. The minimum absolute atomic E-state index is 0.0535. The molecule has 0 heterocycles. The van der Waals surface area contributed by atoms with Gasteiger partial charge in [0.2, 0.25) is 11.8 Å². The number of aliphatic hydroxyl groups is 2. The predicted molar refractivity (Wildman–Crippen MR) is 155 cm³/mol. The molecule has 0 saturated carbocycles. The molecule has 2 aromatic carbocycles. The van der Waals surface area contributed by atoms with Crippen molar-refractivity contribution in [1.82, 2.24) is 10.2 Å². The van der Waals surface area contributed by atoms with E-state index in [0.717, 1.165) is 24.0 Å². The molecule has 5 N–H and O–H groups in total. The predicted octanol–water partition coefficient (Wildman–Crippen LogP) is 3.76. The van der Waals surface area contributed by atoms with E-state index < -0.39 is 22.8 Å². The van der Waals surface area contributed by atoms with Gasteiger partial charge in [0.15, 0.2) is 0 Å². The van der Waals surface area contributed by atoms with Crippen LogP contribution in [0.3, 0.4) is 0 Å². The summed E-state index contributed by atoms with van der Waals surface area (Å²) in [7, 11) is 0. The summed E-state index contributed by atoms with van der Waals surface area (Å²) >= 11 is 0. The highest BCUT2D eigenvalue weighted by molar-refractivity contribution is 5.89. The molecule has 1 unspecified atom stereocenters. The number of aliphatic hydroxyl groups excluding tert-OH is 2. The molecule has 3 rings (SSSR count). The summed E-state index contributed by atoms with van der Waals surface area (Å²) in [6.07, 6.45) is 5.42. The van der Waals surface area contributed by atoms with Crippen molar-refractivity contribution < 1.29 is 19.8 Å². The Balaban J connectivity index is 1.91. The Morgan fingerprint density at radius 1 is 1.05 bits per heavy atom. The van der Waals surface area contributed by atoms with Gasteiger partial charge in [0.25, 0.3) is 0 Å². The molecule has 1 aliphatic rings. The third-order valence-corrected chi connectivity index (χ3v) is 7.98. The van der Waals surface area contributed by atoms with Crippen molar-refractivity contribution in [3.8, 4) is 0 Å². The molecule has 7 nitrogen and oxygen atoms in total. The van der Waals surface area contributed by atoms with Crippen LogP contribution < -0.4 is 11.1 Å². The number of benzene rings is 2. The Bertz CT molecular complexity index is 1070. The van der Waals surface area contributed by atoms with E-state index in [1.54, 1.807) is 6.08 Å². The topological polar surface area (TPSA) is 116 Å². The van der Waals surface area contributed by atoms with Crippen LogP contribution in [-0.2, 0) is 16.0 Å². The average molecular weight is 536 g/mol. The number of primary amides is 1. The number of nitrogens with two attached hydrogens (primary N) is 1. The van der Waals surface area contributed by atoms with Gasteiger partial charge in [-0.3, -0.25) is 9.59 Å². The Kier molecular flexibility index (Phi) is 11.3. The lowest BCUT2D eigenvalue weighted by Crippen LogP contribution is -2.61. The van der Waals surface area contributed by atoms with Crippen LogP contribution in [0, 0.1) is 10.8 Å². The molecule has 7 heteroatoms. The lowest BCUT2D eigenvalue weighted by molar-refractivity contribution is -0.162. The van der Waals surface area contributed by atoms with Crippen molar-refractivity contribution in [1.29, 1.82) is 0 Å². The maximum absolute atomic E-state index is 14.3. The summed E-state index contributed by atoms with van der Waals surface area (Å²) in [4.78, 5) is 29.2. The highest BCUT2D eigenvalue weighted by Gasteiger charge is 2.58. The standard InChI is InChI=1S/C32H45N3O4/c1-3-21-35(22-4-2)30(39)31(19-12-20-34-27(24-36)26-15-9-6-10-16-26)17-11-18-32(28(31)37,29(33)38)23-25-13-7-5-8-14-25/h5-11,13-16,18,27-28,34,36-37H,3-4,12,17,19-24H2,1-2H3,(H2,33,38)/t27-,28+,31?,32+/m0/s1. The molecule has 0 spiro atoms. The number of carbonyl (C=O) groups is 2. The Labute approximate surface area is 233 Å². The number of allylic oxidation sites excluding steroid dienone is 1. The molecule has 212 valence electrons. The zero-order valence-electron chi connectivity index (χ0n) is 23.4. The summed E-state index contributed by atoms with van der Waals surface area (Å²) in [6.45, 7) is 5.73. The fourth-order valence-electron chi connectivity index (χ4n) is 5.94. The van der Waals surface area contributed by atoms with Gasteiger partial charge in [-0.15, -0.1) is 0 Å². The minimum Gasteiger partial charge on any atom is -0.394 e. The fraction of sp³-hybridized carbons (Fsp3) is 0.500. The maximum atomic E-state index is 14.3. The van der Waals surface area contributed by atoms with Gasteiger partial charge in [-0.25, -0.2) is 0 Å². The van der Waals surface area contributed by atoms with Gasteiger partial charge in [-0.2, -0.15) is 0 Å². The third kappa shape index (κ3) is 6.96. The van der Waals surface area contributed by atoms with Crippen LogP contribution >= 0.6 is 0 Å². The first kappa shape index (κ1) is 30.5. The van der Waals surface area contributed by atoms with E-state index in [2.05, 4.69) is 5.32 Å². The van der Waals surface area contributed by atoms with Gasteiger partial charge in [-0.05, 0) is 56.2 Å². The molecule has 1 aliphatic carbocycles. The Hall–Kier alpha value is -3.00. The van der Waals surface area contributed by atoms with Gasteiger partial charge >= 0.3 is 0 Å². The van der Waals surface area contributed by atoms with Crippen LogP contribution in [0.1, 0.15) is 63.1 Å². The van der Waals surface area contributed by atoms with Crippen molar-refractivity contribution in [2.24, 2.45) is 16.6 Å². The Morgan fingerprint density at radius 2 is 1.67 bits per heavy atom. The highest BCUT2D eigenvalue weighted by Crippen LogP contribution is 2.48. The van der Waals surface area contributed by atoms with E-state index in [1.165, 1.54) is 0 Å². The number of carbonyl (C=O) groups excluding carboxylic acids is 2. The molecule has 0 aliphatic heterocycles. The number of hydrogen-bond donors (Lipinski definition) is 4. The molecule has 4 atom stereocenters. The highest BCUT2D eigenvalue weighted by atomic mass is 16.3. The largest absolute Gasteiger partial charge is 0.394 e. The van der Waals surface area contributed by atoms with E-state index >= 15 is 0 Å². The molecule has 0 fully saturated rings. The van der Waals surface area contributed by atoms with E-state index in [-0.39, 0.29) is 25.0 Å². The van der Waals surface area contributed by atoms with Crippen LogP contribution in [0.2, 0.25) is 0 Å². The van der Waals surface area contributed by atoms with Crippen molar-refractivity contribution in [3.05, 3.63) is 83.9 Å². The molecule has 2 aromatic rings. The van der Waals surface area contributed by atoms with Crippen molar-refractivity contribution in [2.75, 3.05) is 26.2 Å². The quantitative estimate of drug-likeness (QED) is 0.205. The van der Waals surface area contributed by atoms with E-state index in [0.29, 0.717) is 38.9 Å². The number of amides is 2. The molecule has 0 aromatic heterocycles. The second-order valence-corrected chi connectivity index (χ2v) is 10.7. The van der Waals surface area contributed by atoms with Gasteiger partial charge in [0.05, 0.1) is 29.6 Å². The number of nitrogens with one attached hydrogen (secondary N) is 1. The zero-order valence-corrected chi connectivity index (χ0v) is 23.4. The van der Waals surface area contributed by atoms with Crippen molar-refractivity contribution >= 4 is 11.8 Å². The van der Waals surface area contributed by atoms with Crippen molar-refractivity contribution in [3.63, 3.8) is 0 Å². The van der Waals surface area contributed by atoms with Gasteiger partial charge in [-0.1, -0.05) is 86.7 Å². The molecule has 0 radical (unpaired) electrons. The van der Waals surface area contributed by atoms with Crippen LogP contribution in [0.5, 0.6) is 0 Å². The number of hydrogen-bond acceptors (Lipinski definition) is 5. The van der Waals surface area contributed by atoms with Crippen LogP contribution in [-0.4, -0.2) is 59.3 Å². The molecular weight excluding hydrogens is 490 g/mol. The summed E-state index contributed by atoms with van der Waals surface area (Å²) in [5.74, 6) is -0.754. The normalized spacial score (nSPS) is 23.3. The van der Waals surface area contributed by atoms with Crippen LogP contribution in [0.4, 0.5) is 0 Å². The number of nitrogens with zero attached hydrogens (tertiary/aromatic N) is 1. The fourth-order valence-corrected chi connectivity index (χ4v) is 5.94. The van der Waals surface area contributed by atoms with E-state index in [9.17, 15) is 19.8 Å². The van der Waals surface area contributed by atoms with Gasteiger partial charge in [0.1, 0.15) is 0 Å². The lowest BCUT2D eigenvalue weighted by Gasteiger charge is -2.49. The molecular formula is C32H45N3O4. The average Bonchev–Trinajstić information content (AvgIpc) is 2.95. The maximum Gasteiger partial charge on any atom is 0.231 e. The first-order chi connectivity index (χ1) is 18.8. The monoisotopic (exact) mass is 535 g/mol. The van der Waals surface area contributed by atoms with Crippen LogP contribution in [0.25, 0.3) is 0 Å². The lowest BCUT2D eigenvalue weighted by atomic mass is 9.58. The second-order valence-electron chi connectivity index (χ2n) is 10.7. The molecule has 0 bridgehead atoms. The smallest absolute Gasteiger partial charge is 0.231 e. The van der Waals surface area contributed by atoms with E-state index in [1.807, 2.05) is 85.5 Å². The SMILES string of the molecule is CCCN(CCC)C(=O)C1(CCCN[C@@H](CO)c2ccccc2)CC=C[C@](Cc2ccccc2)(C(N)=O)[C@@H]1O. The van der Waals surface area contributed by atoms with Crippen LogP contribution in [0.15, 0.2) is 72.8 Å². The summed E-state index contributed by atoms with van der Waals surface area (Å²) in [5.41, 5.74) is 5.29. The van der Waals surface area contributed by atoms with Gasteiger partial charge in [0, 0.05) is 13.1 Å². The molecule has 2 amide bonds. The van der Waals surface area contributed by atoms with Gasteiger partial charge < -0.3 is 26.2 Å². The summed E-state index contributed by atoms with van der Waals surface area (Å²) in [5, 5.41) is 25.4. The van der Waals surface area contributed by atoms with Crippen molar-refractivity contribution in [2.45, 2.75) is 64.5 Å².